The normalized spacial score (nSPS) is 14.3. The molecular weight excluding hydrogens is 210 g/mol. The summed E-state index contributed by atoms with van der Waals surface area (Å²) in [5.41, 5.74) is 2.43. The second-order valence-corrected chi connectivity index (χ2v) is 4.46. The number of ether oxygens (including phenoxy) is 1. The van der Waals surface area contributed by atoms with Crippen molar-refractivity contribution in [2.75, 3.05) is 14.2 Å². The van der Waals surface area contributed by atoms with Crippen molar-refractivity contribution in [1.82, 2.24) is 5.32 Å². The highest BCUT2D eigenvalue weighted by Gasteiger charge is 2.20. The standard InChI is InChI=1S/C15H23NO/c1-12(2)10-11-14(16-3)15(17-4)13-8-6-5-7-9-13/h5-9,14-16H,1,10-11H2,2-4H3. The Morgan fingerprint density at radius 2 is 2.00 bits per heavy atom. The van der Waals surface area contributed by atoms with E-state index in [1.54, 1.807) is 7.11 Å². The SMILES string of the molecule is C=C(C)CCC(NC)C(OC)c1ccccc1. The monoisotopic (exact) mass is 233 g/mol. The van der Waals surface area contributed by atoms with E-state index < -0.39 is 0 Å². The van der Waals surface area contributed by atoms with Gasteiger partial charge in [0.25, 0.3) is 0 Å². The zero-order chi connectivity index (χ0) is 12.7. The first-order valence-corrected chi connectivity index (χ1v) is 6.08. The van der Waals surface area contributed by atoms with Gasteiger partial charge in [-0.3, -0.25) is 0 Å². The molecule has 0 saturated heterocycles. The van der Waals surface area contributed by atoms with Crippen LogP contribution in [-0.2, 0) is 4.74 Å². The predicted octanol–water partition coefficient (Wildman–Crippen LogP) is 3.32. The van der Waals surface area contributed by atoms with Gasteiger partial charge in [0.2, 0.25) is 0 Å². The van der Waals surface area contributed by atoms with Crippen molar-refractivity contribution in [3.63, 3.8) is 0 Å². The maximum atomic E-state index is 5.63. The Hall–Kier alpha value is -1.12. The molecule has 0 aliphatic heterocycles. The third kappa shape index (κ3) is 4.33. The van der Waals surface area contributed by atoms with E-state index in [-0.39, 0.29) is 6.10 Å². The fraction of sp³-hybridized carbons (Fsp3) is 0.467. The molecule has 1 rings (SSSR count). The summed E-state index contributed by atoms with van der Waals surface area (Å²) in [6, 6.07) is 10.7. The van der Waals surface area contributed by atoms with E-state index in [0.29, 0.717) is 6.04 Å². The lowest BCUT2D eigenvalue weighted by Gasteiger charge is -2.26. The molecule has 2 unspecified atom stereocenters. The molecule has 2 atom stereocenters. The molecule has 0 amide bonds. The van der Waals surface area contributed by atoms with Crippen LogP contribution in [0.15, 0.2) is 42.5 Å². The summed E-state index contributed by atoms with van der Waals surface area (Å²) >= 11 is 0. The minimum atomic E-state index is 0.0977. The Bertz CT molecular complexity index is 334. The molecule has 2 heteroatoms. The lowest BCUT2D eigenvalue weighted by Crippen LogP contribution is -2.33. The van der Waals surface area contributed by atoms with Crippen LogP contribution in [0.25, 0.3) is 0 Å². The van der Waals surface area contributed by atoms with E-state index in [9.17, 15) is 0 Å². The highest BCUT2D eigenvalue weighted by atomic mass is 16.5. The average molecular weight is 233 g/mol. The van der Waals surface area contributed by atoms with Gasteiger partial charge in [-0.1, -0.05) is 35.9 Å². The number of likely N-dealkylation sites (N-methyl/N-ethyl adjacent to an activating group) is 1. The van der Waals surface area contributed by atoms with Gasteiger partial charge in [-0.2, -0.15) is 0 Å². The van der Waals surface area contributed by atoms with E-state index in [2.05, 4.69) is 31.0 Å². The van der Waals surface area contributed by atoms with Crippen molar-refractivity contribution in [2.45, 2.75) is 31.9 Å². The van der Waals surface area contributed by atoms with Gasteiger partial charge in [0, 0.05) is 13.2 Å². The smallest absolute Gasteiger partial charge is 0.0974 e. The van der Waals surface area contributed by atoms with E-state index in [4.69, 9.17) is 4.74 Å². The van der Waals surface area contributed by atoms with Gasteiger partial charge in [-0.05, 0) is 32.4 Å². The largest absolute Gasteiger partial charge is 0.375 e. The van der Waals surface area contributed by atoms with E-state index in [0.717, 1.165) is 12.8 Å². The fourth-order valence-corrected chi connectivity index (χ4v) is 2.02. The summed E-state index contributed by atoms with van der Waals surface area (Å²) < 4.78 is 5.63. The van der Waals surface area contributed by atoms with Crippen LogP contribution in [0, 0.1) is 0 Å². The summed E-state index contributed by atoms with van der Waals surface area (Å²) in [5, 5.41) is 3.34. The van der Waals surface area contributed by atoms with E-state index in [1.165, 1.54) is 11.1 Å². The third-order valence-corrected chi connectivity index (χ3v) is 3.00. The second kappa shape index (κ2) is 7.25. The lowest BCUT2D eigenvalue weighted by molar-refractivity contribution is 0.0676. The Morgan fingerprint density at radius 1 is 1.35 bits per heavy atom. The highest BCUT2D eigenvalue weighted by Crippen LogP contribution is 2.23. The number of benzene rings is 1. The maximum Gasteiger partial charge on any atom is 0.0974 e. The van der Waals surface area contributed by atoms with Crippen LogP contribution in [0.3, 0.4) is 0 Å². The summed E-state index contributed by atoms with van der Waals surface area (Å²) in [5.74, 6) is 0. The number of nitrogens with one attached hydrogen (secondary N) is 1. The summed E-state index contributed by atoms with van der Waals surface area (Å²) in [6.07, 6.45) is 2.16. The van der Waals surface area contributed by atoms with Crippen LogP contribution < -0.4 is 5.32 Å². The number of hydrogen-bond acceptors (Lipinski definition) is 2. The maximum absolute atomic E-state index is 5.63. The molecule has 0 aromatic heterocycles. The lowest BCUT2D eigenvalue weighted by atomic mass is 9.97. The van der Waals surface area contributed by atoms with Crippen molar-refractivity contribution < 1.29 is 4.74 Å². The fourth-order valence-electron chi connectivity index (χ4n) is 2.02. The van der Waals surface area contributed by atoms with Crippen LogP contribution in [-0.4, -0.2) is 20.2 Å². The van der Waals surface area contributed by atoms with Gasteiger partial charge in [-0.15, -0.1) is 6.58 Å². The van der Waals surface area contributed by atoms with Crippen LogP contribution >= 0.6 is 0 Å². The Labute approximate surface area is 105 Å². The molecular formula is C15H23NO. The van der Waals surface area contributed by atoms with Crippen molar-refractivity contribution in [2.24, 2.45) is 0 Å². The zero-order valence-electron chi connectivity index (χ0n) is 11.1. The van der Waals surface area contributed by atoms with E-state index >= 15 is 0 Å². The summed E-state index contributed by atoms with van der Waals surface area (Å²) in [4.78, 5) is 0. The van der Waals surface area contributed by atoms with Crippen molar-refractivity contribution in [3.8, 4) is 0 Å². The Morgan fingerprint density at radius 3 is 2.47 bits per heavy atom. The van der Waals surface area contributed by atoms with Gasteiger partial charge in [-0.25, -0.2) is 0 Å². The molecule has 17 heavy (non-hydrogen) atoms. The van der Waals surface area contributed by atoms with Crippen molar-refractivity contribution in [3.05, 3.63) is 48.0 Å². The predicted molar refractivity (Wildman–Crippen MR) is 73.1 cm³/mol. The minimum absolute atomic E-state index is 0.0977. The Kier molecular flexibility index (Phi) is 5.95. The topological polar surface area (TPSA) is 21.3 Å². The van der Waals surface area contributed by atoms with Gasteiger partial charge >= 0.3 is 0 Å². The molecule has 94 valence electrons. The third-order valence-electron chi connectivity index (χ3n) is 3.00. The number of hydrogen-bond donors (Lipinski definition) is 1. The van der Waals surface area contributed by atoms with Gasteiger partial charge in [0.05, 0.1) is 6.10 Å². The second-order valence-electron chi connectivity index (χ2n) is 4.46. The molecule has 0 aliphatic rings. The molecule has 0 bridgehead atoms. The molecule has 0 radical (unpaired) electrons. The van der Waals surface area contributed by atoms with E-state index in [1.807, 2.05) is 25.2 Å². The first-order valence-electron chi connectivity index (χ1n) is 6.08. The molecule has 0 aliphatic carbocycles. The first-order chi connectivity index (χ1) is 8.19. The molecule has 2 nitrogen and oxygen atoms in total. The highest BCUT2D eigenvalue weighted by molar-refractivity contribution is 5.19. The summed E-state index contributed by atoms with van der Waals surface area (Å²) in [7, 11) is 3.75. The number of rotatable bonds is 7. The molecule has 1 aromatic carbocycles. The van der Waals surface area contributed by atoms with Crippen LogP contribution in [0.4, 0.5) is 0 Å². The molecule has 0 fully saturated rings. The van der Waals surface area contributed by atoms with Crippen LogP contribution in [0.1, 0.15) is 31.4 Å². The van der Waals surface area contributed by atoms with Crippen molar-refractivity contribution >= 4 is 0 Å². The summed E-state index contributed by atoms with van der Waals surface area (Å²) in [6.45, 7) is 6.02. The molecule has 0 saturated carbocycles. The quantitative estimate of drug-likeness (QED) is 0.729. The van der Waals surface area contributed by atoms with Crippen molar-refractivity contribution in [1.29, 1.82) is 0 Å². The van der Waals surface area contributed by atoms with Gasteiger partial charge in [0.15, 0.2) is 0 Å². The number of allylic oxidation sites excluding steroid dienone is 1. The Balaban J connectivity index is 2.73. The van der Waals surface area contributed by atoms with Crippen LogP contribution in [0.5, 0.6) is 0 Å². The first kappa shape index (κ1) is 13.9. The molecule has 1 N–H and O–H groups in total. The molecule has 0 heterocycles. The molecule has 1 aromatic rings. The van der Waals surface area contributed by atoms with Crippen LogP contribution in [0.2, 0.25) is 0 Å². The number of methoxy groups -OCH3 is 1. The molecule has 0 spiro atoms. The average Bonchev–Trinajstić information content (AvgIpc) is 2.35. The zero-order valence-corrected chi connectivity index (χ0v) is 11.1. The van der Waals surface area contributed by atoms with Gasteiger partial charge in [0.1, 0.15) is 0 Å². The minimum Gasteiger partial charge on any atom is -0.375 e. The van der Waals surface area contributed by atoms with Gasteiger partial charge < -0.3 is 10.1 Å².